The maximum Gasteiger partial charge on any atom is 0.255 e. The van der Waals surface area contributed by atoms with E-state index in [2.05, 4.69) is 0 Å². The number of fused-ring (bicyclic) bond motifs is 6. The Bertz CT molecular complexity index is 3120. The molecule has 0 spiro atoms. The molecule has 1 aliphatic heterocycles. The molecular formula is C57H66N4O16. The molecule has 20 nitrogen and oxygen atoms in total. The highest BCUT2D eigenvalue weighted by Gasteiger charge is 2.66. The number of aromatic hydroxyl groups is 2. The number of benzene rings is 2. The predicted octanol–water partition coefficient (Wildman–Crippen LogP) is 3.34. The Morgan fingerprint density at radius 3 is 1.68 bits per heavy atom. The lowest BCUT2D eigenvalue weighted by molar-refractivity contribution is -0.155. The molecule has 10 rings (SSSR count). The van der Waals surface area contributed by atoms with Crippen LogP contribution in [0.3, 0.4) is 0 Å². The normalized spacial score (nSPS) is 29.3. The Hall–Kier alpha value is -6.97. The van der Waals surface area contributed by atoms with E-state index >= 15 is 0 Å². The molecule has 0 aromatic heterocycles. The summed E-state index contributed by atoms with van der Waals surface area (Å²) < 4.78 is 4.95. The number of ketones is 5. The lowest BCUT2D eigenvalue weighted by Gasteiger charge is -2.50. The van der Waals surface area contributed by atoms with Gasteiger partial charge < -0.3 is 56.2 Å². The summed E-state index contributed by atoms with van der Waals surface area (Å²) in [7, 11) is 7.83. The maximum atomic E-state index is 14.0. The van der Waals surface area contributed by atoms with Crippen LogP contribution in [0, 0.1) is 23.7 Å². The third-order valence-electron chi connectivity index (χ3n) is 17.6. The smallest absolute Gasteiger partial charge is 0.255 e. The summed E-state index contributed by atoms with van der Waals surface area (Å²) in [5.41, 5.74) is 2.81. The number of amides is 2. The van der Waals surface area contributed by atoms with Crippen molar-refractivity contribution >= 4 is 57.8 Å². The number of carbonyl (C=O) groups excluding carboxylic acids is 7. The zero-order valence-electron chi connectivity index (χ0n) is 43.9. The second kappa shape index (κ2) is 20.1. The van der Waals surface area contributed by atoms with Crippen LogP contribution in [0.2, 0.25) is 0 Å². The molecule has 0 saturated heterocycles. The van der Waals surface area contributed by atoms with E-state index in [0.717, 1.165) is 54.9 Å². The van der Waals surface area contributed by atoms with Crippen molar-refractivity contribution in [1.29, 1.82) is 0 Å². The Morgan fingerprint density at radius 1 is 0.701 bits per heavy atom. The van der Waals surface area contributed by atoms with E-state index in [0.29, 0.717) is 31.5 Å². The van der Waals surface area contributed by atoms with Crippen LogP contribution in [0.25, 0.3) is 17.1 Å². The number of aliphatic hydroxyl groups is 6. The molecule has 77 heavy (non-hydrogen) atoms. The summed E-state index contributed by atoms with van der Waals surface area (Å²) in [6, 6.07) is 4.44. The number of primary amides is 1. The fourth-order valence-corrected chi connectivity index (χ4v) is 14.1. The Labute approximate surface area is 444 Å². The number of nitrogens with two attached hydrogens (primary N) is 1. The van der Waals surface area contributed by atoms with Gasteiger partial charge in [-0.25, -0.2) is 0 Å². The molecule has 0 unspecified atom stereocenters. The van der Waals surface area contributed by atoms with Crippen molar-refractivity contribution in [2.45, 2.75) is 100 Å². The predicted molar refractivity (Wildman–Crippen MR) is 277 cm³/mol. The van der Waals surface area contributed by atoms with Gasteiger partial charge >= 0.3 is 0 Å². The van der Waals surface area contributed by atoms with Crippen molar-refractivity contribution in [3.05, 3.63) is 97.5 Å². The van der Waals surface area contributed by atoms with Gasteiger partial charge in [0.15, 0.2) is 28.6 Å². The largest absolute Gasteiger partial charge is 0.508 e. The van der Waals surface area contributed by atoms with Crippen molar-refractivity contribution in [3.8, 4) is 11.5 Å². The van der Waals surface area contributed by atoms with Gasteiger partial charge in [0.2, 0.25) is 17.5 Å². The van der Waals surface area contributed by atoms with E-state index in [1.807, 2.05) is 12.1 Å². The number of likely N-dealkylation sites (N-methyl/N-ethyl adjacent to an activating group) is 2. The number of hydrogen-bond acceptors (Lipinski definition) is 18. The molecule has 20 heteroatoms. The Kier molecular flexibility index (Phi) is 14.3. The van der Waals surface area contributed by atoms with Crippen molar-refractivity contribution in [3.63, 3.8) is 0 Å². The fourth-order valence-electron chi connectivity index (χ4n) is 14.1. The van der Waals surface area contributed by atoms with Gasteiger partial charge in [-0.3, -0.25) is 43.4 Å². The van der Waals surface area contributed by atoms with Gasteiger partial charge in [-0.05, 0) is 138 Å². The summed E-state index contributed by atoms with van der Waals surface area (Å²) in [6.07, 6.45) is 8.55. The first-order valence-corrected chi connectivity index (χ1v) is 26.0. The summed E-state index contributed by atoms with van der Waals surface area (Å²) in [5, 5.41) is 89.7. The van der Waals surface area contributed by atoms with Gasteiger partial charge in [0.25, 0.3) is 5.91 Å². The molecule has 0 bridgehead atoms. The minimum absolute atomic E-state index is 0.0163. The molecule has 410 valence electrons. The number of Topliss-reactive ketones (excluding diaryl/α,β-unsaturated/α-hetero) is 5. The quantitative estimate of drug-likeness (QED) is 0.171. The molecule has 3 saturated carbocycles. The number of carbonyl (C=O) groups is 7. The van der Waals surface area contributed by atoms with Crippen molar-refractivity contribution < 1.29 is 79.2 Å². The van der Waals surface area contributed by atoms with E-state index in [1.165, 1.54) is 35.5 Å². The van der Waals surface area contributed by atoms with E-state index in [1.54, 1.807) is 39.2 Å². The fraction of sp³-hybridized carbons (Fsp3) is 0.491. The molecule has 3 fully saturated rings. The van der Waals surface area contributed by atoms with Gasteiger partial charge in [0.1, 0.15) is 52.3 Å². The van der Waals surface area contributed by atoms with E-state index in [4.69, 9.17) is 10.5 Å². The minimum atomic E-state index is -2.61. The van der Waals surface area contributed by atoms with Crippen LogP contribution in [-0.2, 0) is 51.1 Å². The van der Waals surface area contributed by atoms with Gasteiger partial charge in [0.05, 0.1) is 23.2 Å². The third kappa shape index (κ3) is 8.41. The average Bonchev–Trinajstić information content (AvgIpc) is 3.48. The van der Waals surface area contributed by atoms with Crippen molar-refractivity contribution in [1.82, 2.24) is 14.7 Å². The lowest BCUT2D eigenvalue weighted by Crippen LogP contribution is -2.65. The van der Waals surface area contributed by atoms with E-state index in [-0.39, 0.29) is 71.5 Å². The molecule has 2 amide bonds. The van der Waals surface area contributed by atoms with Crippen LogP contribution < -0.4 is 5.73 Å². The highest BCUT2D eigenvalue weighted by atomic mass is 16.5. The third-order valence-corrected chi connectivity index (χ3v) is 17.6. The molecule has 1 heterocycles. The van der Waals surface area contributed by atoms with Crippen LogP contribution >= 0.6 is 0 Å². The molecule has 8 aliphatic rings. The van der Waals surface area contributed by atoms with Gasteiger partial charge in [-0.1, -0.05) is 37.5 Å². The van der Waals surface area contributed by atoms with Crippen LogP contribution in [0.15, 0.2) is 64.2 Å². The van der Waals surface area contributed by atoms with Crippen LogP contribution in [-0.4, -0.2) is 175 Å². The summed E-state index contributed by atoms with van der Waals surface area (Å²) in [5.74, 6) is -12.0. The van der Waals surface area contributed by atoms with Crippen molar-refractivity contribution in [2.75, 3.05) is 55.0 Å². The topological polar surface area (TPSA) is 326 Å². The molecule has 8 atom stereocenters. The zero-order chi connectivity index (χ0) is 56.1. The highest BCUT2D eigenvalue weighted by molar-refractivity contribution is 6.26. The number of ether oxygens (including phenoxy) is 1. The molecular weight excluding hydrogens is 997 g/mol. The number of phenols is 2. The first-order valence-electron chi connectivity index (χ1n) is 26.0. The molecule has 2 aromatic carbocycles. The maximum absolute atomic E-state index is 14.0. The van der Waals surface area contributed by atoms with Crippen LogP contribution in [0.4, 0.5) is 0 Å². The molecule has 0 radical (unpaired) electrons. The lowest BCUT2D eigenvalue weighted by atomic mass is 9.57. The standard InChI is InChI=1S/C30H34N2O9.C27H32N2O7/c1-14(33)22-27(37)25(31(2)3)19-12-16-11-18-17(15-7-9-32(10-8-15)21(35)13-41-4)5-6-20(34)24(18)26(36)23(16)29(39)30(19,40)28(22)38;1-29(2)21-16-11-13-10-15-14(12-6-4-3-5-7-12)8-9-17(30)19(15)22(31)18(13)24(33)27(16,36)25(34)20(23(21)32)26(28)35/h5-7,16,19,25,34,36,38,40H,8-13H2,1-4H3;8-9,12-13,16,21,30-31,34,36H,3-7,10-11H2,1-2H3,(H2,28,35)/t16-,19-,25-,30+;13-,16-,21+,27-/m00/s1. The van der Waals surface area contributed by atoms with Gasteiger partial charge in [0, 0.05) is 43.2 Å². The Morgan fingerprint density at radius 2 is 1.19 bits per heavy atom. The second-order valence-electron chi connectivity index (χ2n) is 22.2. The van der Waals surface area contributed by atoms with E-state index in [9.17, 15) is 74.4 Å². The highest BCUT2D eigenvalue weighted by Crippen LogP contribution is 2.56. The SMILES string of the molecule is CN(C)[C@H]1C(=O)C(C(N)=O)=C(O)[C@@]2(O)C(=O)C3=C(O)c4c(O)ccc(C5CCCCC5)c4C[C@H]3C[C@@H]12.COCC(=O)N1CC=C(c2ccc(O)c3c2C[C@H]2C[C@H]4[C@H](N(C)C)C(=O)C(C(C)=O)=C(O)[C@@]4(O)C(=O)C2=C3O)CC1. The summed E-state index contributed by atoms with van der Waals surface area (Å²) >= 11 is 0. The first-order chi connectivity index (χ1) is 36.3. The number of methoxy groups -OCH3 is 1. The van der Waals surface area contributed by atoms with E-state index < -0.39 is 116 Å². The molecule has 10 N–H and O–H groups in total. The minimum Gasteiger partial charge on any atom is -0.508 e. The zero-order valence-corrected chi connectivity index (χ0v) is 43.9. The number of nitrogens with zero attached hydrogens (tertiary/aromatic N) is 3. The number of aliphatic hydroxyl groups excluding tert-OH is 4. The summed E-state index contributed by atoms with van der Waals surface area (Å²) in [4.78, 5) is 95.7. The van der Waals surface area contributed by atoms with Gasteiger partial charge in [-0.2, -0.15) is 0 Å². The van der Waals surface area contributed by atoms with Crippen LogP contribution in [0.5, 0.6) is 11.5 Å². The van der Waals surface area contributed by atoms with Crippen LogP contribution in [0.1, 0.15) is 97.6 Å². The number of rotatable bonds is 8. The number of phenolic OH excluding ortho intramolecular Hbond substituents is 2. The molecule has 7 aliphatic carbocycles. The molecule has 2 aromatic rings. The second-order valence-corrected chi connectivity index (χ2v) is 22.2. The van der Waals surface area contributed by atoms with Gasteiger partial charge in [-0.15, -0.1) is 0 Å². The first kappa shape index (κ1) is 54.8. The summed E-state index contributed by atoms with van der Waals surface area (Å²) in [6.45, 7) is 1.89. The Balaban J connectivity index is 0.000000189. The van der Waals surface area contributed by atoms with Crippen molar-refractivity contribution in [2.24, 2.45) is 29.4 Å². The monoisotopic (exact) mass is 1060 g/mol. The number of hydrogen-bond donors (Lipinski definition) is 9. The average molecular weight is 1060 g/mol.